The third kappa shape index (κ3) is 5.37. The van der Waals surface area contributed by atoms with Crippen LogP contribution in [0.2, 0.25) is 10.0 Å². The molecule has 1 N–H and O–H groups in total. The molecule has 2 amide bonds. The predicted octanol–water partition coefficient (Wildman–Crippen LogP) is 5.84. The van der Waals surface area contributed by atoms with Crippen LogP contribution in [0.3, 0.4) is 0 Å². The lowest BCUT2D eigenvalue weighted by Crippen LogP contribution is -2.49. The van der Waals surface area contributed by atoms with Gasteiger partial charge in [-0.2, -0.15) is 0 Å². The molecule has 32 heavy (non-hydrogen) atoms. The molecule has 3 rings (SSSR count). The Morgan fingerprint density at radius 1 is 1.06 bits per heavy atom. The van der Waals surface area contributed by atoms with Gasteiger partial charge >= 0.3 is 0 Å². The number of nitrogens with one attached hydrogen (secondary N) is 1. The van der Waals surface area contributed by atoms with Crippen molar-refractivity contribution in [1.29, 1.82) is 0 Å². The molecule has 1 atom stereocenters. The maximum Gasteiger partial charge on any atom is 0.261 e. The first-order valence-corrected chi connectivity index (χ1v) is 11.7. The molecule has 0 bridgehead atoms. The SMILES string of the molecule is CC[C@@H](C(=O)NC)N(Cc1c(Cl)cccc1Cl)C(=O)COc1ccc2ccccc2c1Br. The Balaban J connectivity index is 1.86. The minimum atomic E-state index is -0.691. The van der Waals surface area contributed by atoms with Crippen LogP contribution in [0.4, 0.5) is 0 Å². The largest absolute Gasteiger partial charge is 0.483 e. The zero-order valence-corrected chi connectivity index (χ0v) is 20.8. The van der Waals surface area contributed by atoms with Crippen molar-refractivity contribution < 1.29 is 14.3 Å². The average Bonchev–Trinajstić information content (AvgIpc) is 2.80. The summed E-state index contributed by atoms with van der Waals surface area (Å²) in [7, 11) is 1.54. The summed E-state index contributed by atoms with van der Waals surface area (Å²) in [5, 5.41) is 5.52. The second-order valence-corrected chi connectivity index (χ2v) is 8.76. The molecule has 3 aromatic rings. The zero-order valence-electron chi connectivity index (χ0n) is 17.7. The number of carbonyl (C=O) groups excluding carboxylic acids is 2. The number of hydrogen-bond acceptors (Lipinski definition) is 3. The van der Waals surface area contributed by atoms with Crippen LogP contribution in [0.15, 0.2) is 59.1 Å². The van der Waals surface area contributed by atoms with E-state index < -0.39 is 6.04 Å². The number of benzene rings is 3. The summed E-state index contributed by atoms with van der Waals surface area (Å²) in [5.41, 5.74) is 0.582. The fourth-order valence-electron chi connectivity index (χ4n) is 3.49. The number of amides is 2. The van der Waals surface area contributed by atoms with Crippen LogP contribution >= 0.6 is 39.1 Å². The first kappa shape index (κ1) is 24.4. The number of fused-ring (bicyclic) bond motifs is 1. The molecule has 0 aromatic heterocycles. The summed E-state index contributed by atoms with van der Waals surface area (Å²) in [4.78, 5) is 27.2. The van der Waals surface area contributed by atoms with Gasteiger partial charge in [0.2, 0.25) is 5.91 Å². The first-order valence-electron chi connectivity index (χ1n) is 10.1. The van der Waals surface area contributed by atoms with Crippen LogP contribution in [0.5, 0.6) is 5.75 Å². The Morgan fingerprint density at radius 3 is 2.41 bits per heavy atom. The quantitative estimate of drug-likeness (QED) is 0.392. The molecule has 8 heteroatoms. The molecule has 0 heterocycles. The second kappa shape index (κ2) is 11.0. The van der Waals surface area contributed by atoms with Gasteiger partial charge in [-0.25, -0.2) is 0 Å². The van der Waals surface area contributed by atoms with Gasteiger partial charge in [0, 0.05) is 29.2 Å². The molecule has 0 aliphatic heterocycles. The summed E-state index contributed by atoms with van der Waals surface area (Å²) < 4.78 is 6.62. The Labute approximate surface area is 205 Å². The minimum absolute atomic E-state index is 0.0888. The molecule has 0 aliphatic carbocycles. The van der Waals surface area contributed by atoms with Gasteiger partial charge in [0.1, 0.15) is 11.8 Å². The summed E-state index contributed by atoms with van der Waals surface area (Å²) >= 11 is 16.2. The van der Waals surface area contributed by atoms with E-state index in [2.05, 4.69) is 21.2 Å². The van der Waals surface area contributed by atoms with E-state index in [0.29, 0.717) is 27.8 Å². The van der Waals surface area contributed by atoms with E-state index in [0.717, 1.165) is 15.2 Å². The summed E-state index contributed by atoms with van der Waals surface area (Å²) in [6, 6.07) is 16.1. The molecule has 0 saturated heterocycles. The smallest absolute Gasteiger partial charge is 0.261 e. The summed E-state index contributed by atoms with van der Waals surface area (Å²) in [6.07, 6.45) is 0.424. The van der Waals surface area contributed by atoms with E-state index in [1.54, 1.807) is 25.2 Å². The van der Waals surface area contributed by atoms with Crippen LogP contribution < -0.4 is 10.1 Å². The third-order valence-corrected chi connectivity index (χ3v) is 6.73. The van der Waals surface area contributed by atoms with Crippen molar-refractivity contribution >= 4 is 61.7 Å². The number of halogens is 3. The van der Waals surface area contributed by atoms with Crippen LogP contribution in [0.25, 0.3) is 10.8 Å². The van der Waals surface area contributed by atoms with Gasteiger partial charge in [-0.3, -0.25) is 9.59 Å². The van der Waals surface area contributed by atoms with Gasteiger partial charge in [0.25, 0.3) is 5.91 Å². The number of hydrogen-bond donors (Lipinski definition) is 1. The van der Waals surface area contributed by atoms with E-state index in [9.17, 15) is 9.59 Å². The maximum absolute atomic E-state index is 13.3. The van der Waals surface area contributed by atoms with Crippen molar-refractivity contribution in [2.75, 3.05) is 13.7 Å². The van der Waals surface area contributed by atoms with Crippen molar-refractivity contribution in [3.63, 3.8) is 0 Å². The van der Waals surface area contributed by atoms with Gasteiger partial charge in [-0.15, -0.1) is 0 Å². The Kier molecular flexibility index (Phi) is 8.40. The van der Waals surface area contributed by atoms with Crippen LogP contribution in [0, 0.1) is 0 Å². The Hall–Kier alpha value is -2.28. The van der Waals surface area contributed by atoms with E-state index in [1.807, 2.05) is 43.3 Å². The molecule has 0 saturated carbocycles. The Morgan fingerprint density at radius 2 is 1.75 bits per heavy atom. The van der Waals surface area contributed by atoms with Gasteiger partial charge in [0.05, 0.1) is 4.47 Å². The van der Waals surface area contributed by atoms with Gasteiger partial charge in [-0.05, 0) is 51.3 Å². The summed E-state index contributed by atoms with van der Waals surface area (Å²) in [6.45, 7) is 1.69. The molecule has 0 unspecified atom stereocenters. The lowest BCUT2D eigenvalue weighted by molar-refractivity contribution is -0.142. The van der Waals surface area contributed by atoms with Crippen LogP contribution in [-0.2, 0) is 16.1 Å². The van der Waals surface area contributed by atoms with E-state index in [1.165, 1.54) is 4.90 Å². The molecule has 0 aliphatic rings. The second-order valence-electron chi connectivity index (χ2n) is 7.15. The van der Waals surface area contributed by atoms with Crippen LogP contribution in [-0.4, -0.2) is 36.4 Å². The highest BCUT2D eigenvalue weighted by molar-refractivity contribution is 9.10. The fraction of sp³-hybridized carbons (Fsp3) is 0.250. The molecule has 168 valence electrons. The monoisotopic (exact) mass is 536 g/mol. The molecule has 0 spiro atoms. The molecule has 0 fully saturated rings. The first-order chi connectivity index (χ1) is 15.4. The number of ether oxygens (including phenoxy) is 1. The number of carbonyl (C=O) groups is 2. The van der Waals surface area contributed by atoms with Crippen LogP contribution in [0.1, 0.15) is 18.9 Å². The lowest BCUT2D eigenvalue weighted by Gasteiger charge is -2.30. The van der Waals surface area contributed by atoms with Crippen molar-refractivity contribution in [1.82, 2.24) is 10.2 Å². The normalized spacial score (nSPS) is 11.8. The molecule has 3 aromatic carbocycles. The number of nitrogens with zero attached hydrogens (tertiary/aromatic N) is 1. The minimum Gasteiger partial charge on any atom is -0.483 e. The number of likely N-dealkylation sites (N-methyl/N-ethyl adjacent to an activating group) is 1. The summed E-state index contributed by atoms with van der Waals surface area (Å²) in [5.74, 6) is -0.0758. The standard InChI is InChI=1S/C24H23BrCl2N2O3/c1-3-20(24(31)28-2)29(13-17-18(26)9-6-10-19(17)27)22(30)14-32-21-12-11-15-7-4-5-8-16(15)23(21)25/h4-12,20H,3,13-14H2,1-2H3,(H,28,31)/t20-/m0/s1. The highest BCUT2D eigenvalue weighted by Crippen LogP contribution is 2.33. The highest BCUT2D eigenvalue weighted by Gasteiger charge is 2.29. The average molecular weight is 538 g/mol. The Bertz CT molecular complexity index is 1120. The lowest BCUT2D eigenvalue weighted by atomic mass is 10.1. The zero-order chi connectivity index (χ0) is 23.3. The van der Waals surface area contributed by atoms with E-state index in [4.69, 9.17) is 27.9 Å². The molecular weight excluding hydrogens is 515 g/mol. The maximum atomic E-state index is 13.3. The van der Waals surface area contributed by atoms with Crippen molar-refractivity contribution in [2.24, 2.45) is 0 Å². The van der Waals surface area contributed by atoms with Crippen molar-refractivity contribution in [3.05, 3.63) is 74.7 Å². The third-order valence-electron chi connectivity index (χ3n) is 5.20. The topological polar surface area (TPSA) is 58.6 Å². The van der Waals surface area contributed by atoms with E-state index in [-0.39, 0.29) is 25.0 Å². The molecular formula is C24H23BrCl2N2O3. The fourth-order valence-corrected chi connectivity index (χ4v) is 4.61. The van der Waals surface area contributed by atoms with Crippen molar-refractivity contribution in [3.8, 4) is 5.75 Å². The highest BCUT2D eigenvalue weighted by atomic mass is 79.9. The van der Waals surface area contributed by atoms with Crippen molar-refractivity contribution in [2.45, 2.75) is 25.9 Å². The predicted molar refractivity (Wildman–Crippen MR) is 132 cm³/mol. The van der Waals surface area contributed by atoms with Gasteiger partial charge in [0.15, 0.2) is 6.61 Å². The van der Waals surface area contributed by atoms with Gasteiger partial charge in [-0.1, -0.05) is 66.5 Å². The molecule has 5 nitrogen and oxygen atoms in total. The van der Waals surface area contributed by atoms with E-state index >= 15 is 0 Å². The molecule has 0 radical (unpaired) electrons. The van der Waals surface area contributed by atoms with Gasteiger partial charge < -0.3 is 15.0 Å². The number of rotatable bonds is 8.